The minimum Gasteiger partial charge on any atom is -0.214 e. The molecule has 1 rings (SSSR count). The molecule has 0 spiro atoms. The van der Waals surface area contributed by atoms with E-state index in [9.17, 15) is 34.4 Å². The number of nitrogens with one attached hydrogen (secondary N) is 2. The molecule has 0 aliphatic heterocycles. The molecular formula is C11H14F4N2O4S2. The quantitative estimate of drug-likeness (QED) is 0.548. The lowest BCUT2D eigenvalue weighted by Crippen LogP contribution is -2.35. The van der Waals surface area contributed by atoms with Crippen LogP contribution in [0.3, 0.4) is 0 Å². The Morgan fingerprint density at radius 2 is 1.61 bits per heavy atom. The maximum absolute atomic E-state index is 13.1. The standard InChI is InChI=1S/C11H14F4N2O4S2/c1-2-22(18,19)16-5-6-17-23(20,21)8-3-4-10(12)9(7-8)11(13,14)15/h3-4,7,16-17H,2,5-6H2,1H3. The smallest absolute Gasteiger partial charge is 0.214 e. The molecule has 1 aromatic rings. The Hall–Kier alpha value is -1.24. The van der Waals surface area contributed by atoms with Gasteiger partial charge in [-0.3, -0.25) is 0 Å². The van der Waals surface area contributed by atoms with E-state index in [-0.39, 0.29) is 24.9 Å². The maximum Gasteiger partial charge on any atom is 0.419 e. The van der Waals surface area contributed by atoms with Gasteiger partial charge in [0.05, 0.1) is 16.2 Å². The highest BCUT2D eigenvalue weighted by Gasteiger charge is 2.35. The highest BCUT2D eigenvalue weighted by atomic mass is 32.2. The molecule has 12 heteroatoms. The first-order chi connectivity index (χ1) is 10.4. The number of benzene rings is 1. The van der Waals surface area contributed by atoms with Crippen LogP contribution in [-0.2, 0) is 26.2 Å². The second-order valence-corrected chi connectivity index (χ2v) is 8.20. The lowest BCUT2D eigenvalue weighted by atomic mass is 10.2. The van der Waals surface area contributed by atoms with Crippen molar-refractivity contribution in [3.05, 3.63) is 29.6 Å². The molecular weight excluding hydrogens is 364 g/mol. The fourth-order valence-corrected chi connectivity index (χ4v) is 3.14. The first-order valence-electron chi connectivity index (χ1n) is 6.23. The molecule has 0 aliphatic rings. The van der Waals surface area contributed by atoms with Crippen LogP contribution in [0.2, 0.25) is 0 Å². The molecule has 0 bridgehead atoms. The van der Waals surface area contributed by atoms with Crippen molar-refractivity contribution in [2.75, 3.05) is 18.8 Å². The zero-order valence-corrected chi connectivity index (χ0v) is 13.4. The van der Waals surface area contributed by atoms with E-state index in [1.54, 1.807) is 0 Å². The molecule has 0 aliphatic carbocycles. The van der Waals surface area contributed by atoms with E-state index in [4.69, 9.17) is 0 Å². The summed E-state index contributed by atoms with van der Waals surface area (Å²) in [5.74, 6) is -1.79. The number of sulfonamides is 2. The third-order valence-electron chi connectivity index (χ3n) is 2.67. The number of hydrogen-bond donors (Lipinski definition) is 2. The molecule has 1 aromatic carbocycles. The van der Waals surface area contributed by atoms with Gasteiger partial charge in [-0.15, -0.1) is 0 Å². The fraction of sp³-hybridized carbons (Fsp3) is 0.455. The monoisotopic (exact) mass is 378 g/mol. The van der Waals surface area contributed by atoms with Gasteiger partial charge in [0, 0.05) is 13.1 Å². The number of alkyl halides is 3. The predicted molar refractivity (Wildman–Crippen MR) is 74.1 cm³/mol. The van der Waals surface area contributed by atoms with Crippen molar-refractivity contribution in [3.63, 3.8) is 0 Å². The Bertz CT molecular complexity index is 761. The van der Waals surface area contributed by atoms with Gasteiger partial charge < -0.3 is 0 Å². The van der Waals surface area contributed by atoms with Crippen molar-refractivity contribution in [1.82, 2.24) is 9.44 Å². The van der Waals surface area contributed by atoms with E-state index < -0.39 is 42.5 Å². The van der Waals surface area contributed by atoms with Crippen LogP contribution in [0.25, 0.3) is 0 Å². The van der Waals surface area contributed by atoms with Gasteiger partial charge in [0.1, 0.15) is 5.82 Å². The summed E-state index contributed by atoms with van der Waals surface area (Å²) in [6.07, 6.45) is -5.04. The van der Waals surface area contributed by atoms with Crippen LogP contribution in [-0.4, -0.2) is 35.7 Å². The molecule has 6 nitrogen and oxygen atoms in total. The van der Waals surface area contributed by atoms with Crippen LogP contribution < -0.4 is 9.44 Å². The van der Waals surface area contributed by atoms with Gasteiger partial charge in [0.25, 0.3) is 0 Å². The van der Waals surface area contributed by atoms with Crippen LogP contribution in [0.15, 0.2) is 23.1 Å². The summed E-state index contributed by atoms with van der Waals surface area (Å²) in [4.78, 5) is -0.774. The molecule has 0 fully saturated rings. The van der Waals surface area contributed by atoms with Gasteiger partial charge >= 0.3 is 6.18 Å². The van der Waals surface area contributed by atoms with Gasteiger partial charge in [-0.1, -0.05) is 0 Å². The Morgan fingerprint density at radius 1 is 1.04 bits per heavy atom. The lowest BCUT2D eigenvalue weighted by molar-refractivity contribution is -0.140. The molecule has 0 saturated carbocycles. The van der Waals surface area contributed by atoms with E-state index in [0.717, 1.165) is 0 Å². The van der Waals surface area contributed by atoms with Crippen LogP contribution in [0.1, 0.15) is 12.5 Å². The highest BCUT2D eigenvalue weighted by Crippen LogP contribution is 2.32. The number of halogens is 4. The van der Waals surface area contributed by atoms with E-state index in [1.165, 1.54) is 6.92 Å². The molecule has 2 N–H and O–H groups in total. The summed E-state index contributed by atoms with van der Waals surface area (Å²) in [6.45, 7) is 0.729. The molecule has 0 saturated heterocycles. The highest BCUT2D eigenvalue weighted by molar-refractivity contribution is 7.89. The fourth-order valence-electron chi connectivity index (χ4n) is 1.47. The summed E-state index contributed by atoms with van der Waals surface area (Å²) >= 11 is 0. The van der Waals surface area contributed by atoms with E-state index >= 15 is 0 Å². The predicted octanol–water partition coefficient (Wildman–Crippen LogP) is 1.06. The second-order valence-electron chi connectivity index (χ2n) is 4.33. The largest absolute Gasteiger partial charge is 0.419 e. The Kier molecular flexibility index (Phi) is 6.12. The van der Waals surface area contributed by atoms with Crippen molar-refractivity contribution >= 4 is 20.0 Å². The lowest BCUT2D eigenvalue weighted by Gasteiger charge is -2.11. The SMILES string of the molecule is CCS(=O)(=O)NCCNS(=O)(=O)c1ccc(F)c(C(F)(F)F)c1. The molecule has 0 radical (unpaired) electrons. The van der Waals surface area contributed by atoms with Crippen LogP contribution >= 0.6 is 0 Å². The zero-order valence-electron chi connectivity index (χ0n) is 11.8. The normalized spacial score (nSPS) is 13.3. The minimum atomic E-state index is -5.04. The summed E-state index contributed by atoms with van der Waals surface area (Å²) in [5.41, 5.74) is -1.70. The van der Waals surface area contributed by atoms with Gasteiger partial charge in [-0.2, -0.15) is 13.2 Å². The summed E-state index contributed by atoms with van der Waals surface area (Å²) in [5, 5.41) is 0. The molecule has 0 aromatic heterocycles. The molecule has 132 valence electrons. The first kappa shape index (κ1) is 19.8. The summed E-state index contributed by atoms with van der Waals surface area (Å²) in [7, 11) is -7.85. The summed E-state index contributed by atoms with van der Waals surface area (Å²) < 4.78 is 101. The molecule has 0 amide bonds. The van der Waals surface area contributed by atoms with Crippen LogP contribution in [0.5, 0.6) is 0 Å². The first-order valence-corrected chi connectivity index (χ1v) is 9.36. The third-order valence-corrected chi connectivity index (χ3v) is 5.54. The number of hydrogen-bond acceptors (Lipinski definition) is 4. The zero-order chi connectivity index (χ0) is 17.9. The molecule has 23 heavy (non-hydrogen) atoms. The van der Waals surface area contributed by atoms with Gasteiger partial charge in [0.2, 0.25) is 20.0 Å². The van der Waals surface area contributed by atoms with E-state index in [0.29, 0.717) is 12.1 Å². The van der Waals surface area contributed by atoms with Gasteiger partial charge in [0.15, 0.2) is 0 Å². The van der Waals surface area contributed by atoms with Crippen molar-refractivity contribution in [2.45, 2.75) is 18.0 Å². The maximum atomic E-state index is 13.1. The topological polar surface area (TPSA) is 92.3 Å². The van der Waals surface area contributed by atoms with Gasteiger partial charge in [-0.05, 0) is 25.1 Å². The molecule has 0 unspecified atom stereocenters. The summed E-state index contributed by atoms with van der Waals surface area (Å²) in [6, 6.07) is 1.26. The third kappa shape index (κ3) is 5.71. The van der Waals surface area contributed by atoms with Crippen LogP contribution in [0, 0.1) is 5.82 Å². The van der Waals surface area contributed by atoms with Crippen LogP contribution in [0.4, 0.5) is 17.6 Å². The Labute approximate surface area is 131 Å². The average Bonchev–Trinajstić information content (AvgIpc) is 2.42. The minimum absolute atomic E-state index is 0.174. The Balaban J connectivity index is 2.85. The second kappa shape index (κ2) is 7.11. The number of rotatable bonds is 7. The van der Waals surface area contributed by atoms with E-state index in [2.05, 4.69) is 4.72 Å². The van der Waals surface area contributed by atoms with Crippen molar-refractivity contribution in [2.24, 2.45) is 0 Å². The van der Waals surface area contributed by atoms with E-state index in [1.807, 2.05) is 4.72 Å². The van der Waals surface area contributed by atoms with Crippen molar-refractivity contribution < 1.29 is 34.4 Å². The van der Waals surface area contributed by atoms with Gasteiger partial charge in [-0.25, -0.2) is 30.7 Å². The van der Waals surface area contributed by atoms with Crippen molar-refractivity contribution in [3.8, 4) is 0 Å². The Morgan fingerprint density at radius 3 is 2.13 bits per heavy atom. The molecule has 0 heterocycles. The molecule has 0 atom stereocenters. The average molecular weight is 378 g/mol. The van der Waals surface area contributed by atoms with Crippen molar-refractivity contribution in [1.29, 1.82) is 0 Å².